The smallest absolute Gasteiger partial charge is 0.400 e. The first-order valence-corrected chi connectivity index (χ1v) is 6.49. The molecule has 0 N–H and O–H groups in total. The van der Waals surface area contributed by atoms with E-state index in [4.69, 9.17) is 9.31 Å². The maximum absolute atomic E-state index is 12.9. The second-order valence-electron chi connectivity index (χ2n) is 5.79. The molecule has 1 aromatic rings. The fourth-order valence-electron chi connectivity index (χ4n) is 1.90. The van der Waals surface area contributed by atoms with Gasteiger partial charge in [-0.2, -0.15) is 0 Å². The lowest BCUT2D eigenvalue weighted by molar-refractivity contribution is 0.00578. The van der Waals surface area contributed by atoms with Crippen molar-refractivity contribution in [3.05, 3.63) is 35.6 Å². The summed E-state index contributed by atoms with van der Waals surface area (Å²) in [6.07, 6.45) is 1.80. The maximum atomic E-state index is 12.9. The van der Waals surface area contributed by atoms with Gasteiger partial charge in [0.1, 0.15) is 0 Å². The highest BCUT2D eigenvalue weighted by molar-refractivity contribution is 6.52. The molecule has 0 amide bonds. The number of alkyl halides is 2. The van der Waals surface area contributed by atoms with Crippen molar-refractivity contribution in [2.24, 2.45) is 0 Å². The van der Waals surface area contributed by atoms with Crippen LogP contribution >= 0.6 is 0 Å². The van der Waals surface area contributed by atoms with E-state index in [1.165, 1.54) is 18.5 Å². The van der Waals surface area contributed by atoms with E-state index in [0.29, 0.717) is 5.56 Å². The van der Waals surface area contributed by atoms with Crippen LogP contribution < -0.4 is 0 Å². The summed E-state index contributed by atoms with van der Waals surface area (Å²) in [5.74, 6) is 1.64. The molecule has 1 saturated heterocycles. The molecule has 0 bridgehead atoms. The lowest BCUT2D eigenvalue weighted by Gasteiger charge is -2.32. The van der Waals surface area contributed by atoms with E-state index < -0.39 is 24.7 Å². The number of rotatable bonds is 3. The third-order valence-corrected chi connectivity index (χ3v) is 3.83. The predicted molar refractivity (Wildman–Crippen MR) is 74.3 cm³/mol. The van der Waals surface area contributed by atoms with Gasteiger partial charge < -0.3 is 9.31 Å². The molecule has 2 heterocycles. The molecule has 1 aromatic heterocycles. The molecule has 0 saturated carbocycles. The first-order chi connectivity index (χ1) is 9.23. The topological polar surface area (TPSA) is 31.4 Å². The minimum Gasteiger partial charge on any atom is -0.400 e. The van der Waals surface area contributed by atoms with Crippen LogP contribution in [0.15, 0.2) is 24.4 Å². The molecule has 0 spiro atoms. The van der Waals surface area contributed by atoms with Gasteiger partial charge in [-0.05, 0) is 33.8 Å². The zero-order chi connectivity index (χ0) is 15.0. The summed E-state index contributed by atoms with van der Waals surface area (Å²) >= 11 is 0. The van der Waals surface area contributed by atoms with Gasteiger partial charge in [0.25, 0.3) is 6.43 Å². The number of halogens is 2. The fourth-order valence-corrected chi connectivity index (χ4v) is 1.90. The molecule has 20 heavy (non-hydrogen) atoms. The minimum atomic E-state index is -2.53. The molecule has 1 fully saturated rings. The summed E-state index contributed by atoms with van der Waals surface area (Å²) < 4.78 is 37.2. The Bertz CT molecular complexity index is 502. The molecular weight excluding hydrogens is 263 g/mol. The monoisotopic (exact) mass is 281 g/mol. The molecule has 1 aliphatic heterocycles. The average Bonchev–Trinajstić information content (AvgIpc) is 2.55. The highest BCUT2D eigenvalue weighted by Crippen LogP contribution is 2.37. The summed E-state index contributed by atoms with van der Waals surface area (Å²) in [5.41, 5.74) is -0.560. The molecule has 3 nitrogen and oxygen atoms in total. The molecule has 2 rings (SSSR count). The number of hydrogen-bond donors (Lipinski definition) is 0. The molecule has 0 atom stereocenters. The molecular formula is C14H18BF2NO2. The van der Waals surface area contributed by atoms with Crippen molar-refractivity contribution in [3.63, 3.8) is 0 Å². The second kappa shape index (κ2) is 5.26. The average molecular weight is 281 g/mol. The van der Waals surface area contributed by atoms with Gasteiger partial charge in [-0.3, -0.25) is 4.98 Å². The Morgan fingerprint density at radius 2 is 1.80 bits per heavy atom. The lowest BCUT2D eigenvalue weighted by atomic mass is 9.89. The van der Waals surface area contributed by atoms with Crippen molar-refractivity contribution in [1.29, 1.82) is 0 Å². The molecule has 1 aliphatic rings. The van der Waals surface area contributed by atoms with Gasteiger partial charge in [0.05, 0.1) is 11.2 Å². The summed E-state index contributed by atoms with van der Waals surface area (Å²) in [4.78, 5) is 3.86. The first kappa shape index (κ1) is 15.1. The Kier molecular flexibility index (Phi) is 3.98. The lowest BCUT2D eigenvalue weighted by Crippen LogP contribution is -2.41. The largest absolute Gasteiger partial charge is 0.487 e. The zero-order valence-electron chi connectivity index (χ0n) is 12.1. The van der Waals surface area contributed by atoms with Crippen molar-refractivity contribution < 1.29 is 18.1 Å². The SMILES string of the molecule is CC1(C)OB(/C=C/c2cnccc2C(F)F)OC1(C)C. The van der Waals surface area contributed by atoms with Crippen LogP contribution in [-0.4, -0.2) is 23.3 Å². The molecule has 0 aromatic carbocycles. The van der Waals surface area contributed by atoms with E-state index in [1.807, 2.05) is 27.7 Å². The van der Waals surface area contributed by atoms with Gasteiger partial charge in [-0.15, -0.1) is 0 Å². The maximum Gasteiger partial charge on any atom is 0.487 e. The van der Waals surface area contributed by atoms with Gasteiger partial charge in [-0.25, -0.2) is 8.78 Å². The van der Waals surface area contributed by atoms with E-state index in [9.17, 15) is 8.78 Å². The summed E-state index contributed by atoms with van der Waals surface area (Å²) in [7, 11) is -0.550. The highest BCUT2D eigenvalue weighted by Gasteiger charge is 2.50. The van der Waals surface area contributed by atoms with Crippen LogP contribution in [0.2, 0.25) is 0 Å². The van der Waals surface area contributed by atoms with Crippen molar-refractivity contribution in [3.8, 4) is 0 Å². The number of hydrogen-bond acceptors (Lipinski definition) is 3. The first-order valence-electron chi connectivity index (χ1n) is 6.49. The predicted octanol–water partition coefficient (Wildman–Crippen LogP) is 3.66. The minimum absolute atomic E-state index is 0.0484. The third-order valence-electron chi connectivity index (χ3n) is 3.83. The van der Waals surface area contributed by atoms with Crippen molar-refractivity contribution >= 4 is 13.2 Å². The third kappa shape index (κ3) is 2.91. The van der Waals surface area contributed by atoms with Crippen LogP contribution in [0.3, 0.4) is 0 Å². The molecule has 0 radical (unpaired) electrons. The standard InChI is InChI=1S/C14H18BF2NO2/c1-13(2)14(3,4)20-15(19-13)7-5-10-9-18-8-6-11(10)12(16)17/h5-9,12H,1-4H3/b7-5+. The molecule has 0 aliphatic carbocycles. The summed E-state index contributed by atoms with van der Waals surface area (Å²) in [6.45, 7) is 7.76. The summed E-state index contributed by atoms with van der Waals surface area (Å²) in [6, 6.07) is 1.31. The van der Waals surface area contributed by atoms with E-state index in [-0.39, 0.29) is 5.56 Å². The van der Waals surface area contributed by atoms with E-state index in [1.54, 1.807) is 12.1 Å². The van der Waals surface area contributed by atoms with E-state index in [2.05, 4.69) is 4.98 Å². The Hall–Kier alpha value is -1.27. The van der Waals surface area contributed by atoms with Crippen LogP contribution in [0.4, 0.5) is 8.78 Å². The highest BCUT2D eigenvalue weighted by atomic mass is 19.3. The van der Waals surface area contributed by atoms with E-state index >= 15 is 0 Å². The van der Waals surface area contributed by atoms with Crippen LogP contribution in [0.25, 0.3) is 6.08 Å². The quantitative estimate of drug-likeness (QED) is 0.792. The summed E-state index contributed by atoms with van der Waals surface area (Å²) in [5, 5.41) is 0. The normalized spacial score (nSPS) is 21.1. The van der Waals surface area contributed by atoms with Gasteiger partial charge in [0, 0.05) is 23.5 Å². The Morgan fingerprint density at radius 1 is 1.20 bits per heavy atom. The Labute approximate surface area is 118 Å². The van der Waals surface area contributed by atoms with Crippen LogP contribution in [0, 0.1) is 0 Å². The number of nitrogens with zero attached hydrogens (tertiary/aromatic N) is 1. The van der Waals surface area contributed by atoms with Crippen LogP contribution in [0.5, 0.6) is 0 Å². The van der Waals surface area contributed by atoms with Gasteiger partial charge in [0.15, 0.2) is 0 Å². The van der Waals surface area contributed by atoms with Crippen molar-refractivity contribution in [2.75, 3.05) is 0 Å². The van der Waals surface area contributed by atoms with Crippen molar-refractivity contribution in [2.45, 2.75) is 45.3 Å². The van der Waals surface area contributed by atoms with Crippen molar-refractivity contribution in [1.82, 2.24) is 4.98 Å². The molecule has 6 heteroatoms. The van der Waals surface area contributed by atoms with Gasteiger partial charge in [0.2, 0.25) is 0 Å². The fraction of sp³-hybridized carbons (Fsp3) is 0.500. The van der Waals surface area contributed by atoms with Gasteiger partial charge >= 0.3 is 7.12 Å². The van der Waals surface area contributed by atoms with Gasteiger partial charge in [-0.1, -0.05) is 12.1 Å². The van der Waals surface area contributed by atoms with Crippen LogP contribution in [0.1, 0.15) is 45.2 Å². The van der Waals surface area contributed by atoms with E-state index in [0.717, 1.165) is 0 Å². The molecule has 0 unspecified atom stereocenters. The number of aromatic nitrogens is 1. The Balaban J connectivity index is 2.16. The second-order valence-corrected chi connectivity index (χ2v) is 5.79. The van der Waals surface area contributed by atoms with Crippen LogP contribution in [-0.2, 0) is 9.31 Å². The Morgan fingerprint density at radius 3 is 2.35 bits per heavy atom. The number of pyridine rings is 1. The molecule has 108 valence electrons. The zero-order valence-corrected chi connectivity index (χ0v) is 12.1.